The first-order chi connectivity index (χ1) is 10.2. The molecule has 2 aromatic rings. The van der Waals surface area contributed by atoms with Crippen molar-refractivity contribution >= 4 is 28.5 Å². The maximum atomic E-state index is 13.2. The van der Waals surface area contributed by atoms with E-state index in [1.165, 1.54) is 6.92 Å². The number of nitrogens with one attached hydrogen (secondary N) is 1. The standard InChI is InChI=1S/C15H14F2N2O3/c1-14(8-15(14,16)17)13(22)18-10-2-3-11-9(6-10)4-5-19(11)7-12(20)21/h2-6H,7-8H2,1H3,(H,18,22)(H,20,21). The minimum atomic E-state index is -2.95. The van der Waals surface area contributed by atoms with Gasteiger partial charge in [0.2, 0.25) is 5.91 Å². The van der Waals surface area contributed by atoms with E-state index in [9.17, 15) is 18.4 Å². The number of amides is 1. The number of hydrogen-bond donors (Lipinski definition) is 2. The van der Waals surface area contributed by atoms with Crippen molar-refractivity contribution in [1.82, 2.24) is 4.57 Å². The molecule has 7 heteroatoms. The average molecular weight is 308 g/mol. The van der Waals surface area contributed by atoms with E-state index < -0.39 is 29.6 Å². The van der Waals surface area contributed by atoms with Gasteiger partial charge in [0.25, 0.3) is 5.92 Å². The summed E-state index contributed by atoms with van der Waals surface area (Å²) in [5.74, 6) is -4.62. The number of anilines is 1. The highest BCUT2D eigenvalue weighted by atomic mass is 19.3. The minimum absolute atomic E-state index is 0.167. The number of aliphatic carboxylic acids is 1. The Morgan fingerprint density at radius 2 is 2.05 bits per heavy atom. The van der Waals surface area contributed by atoms with Crippen LogP contribution in [0.5, 0.6) is 0 Å². The fraction of sp³-hybridized carbons (Fsp3) is 0.333. The second-order valence-corrected chi connectivity index (χ2v) is 5.78. The Morgan fingerprint density at radius 3 is 2.64 bits per heavy atom. The summed E-state index contributed by atoms with van der Waals surface area (Å²) >= 11 is 0. The number of carboxylic acids is 1. The second-order valence-electron chi connectivity index (χ2n) is 5.78. The molecule has 0 spiro atoms. The molecule has 1 aromatic carbocycles. The van der Waals surface area contributed by atoms with Crippen LogP contribution in [0.1, 0.15) is 13.3 Å². The molecule has 1 unspecified atom stereocenters. The summed E-state index contributed by atoms with van der Waals surface area (Å²) < 4.78 is 27.9. The maximum Gasteiger partial charge on any atom is 0.323 e. The summed E-state index contributed by atoms with van der Waals surface area (Å²) in [5.41, 5.74) is -0.533. The van der Waals surface area contributed by atoms with E-state index in [2.05, 4.69) is 5.32 Å². The Kier molecular flexibility index (Phi) is 2.98. The van der Waals surface area contributed by atoms with E-state index in [0.29, 0.717) is 11.2 Å². The van der Waals surface area contributed by atoms with Crippen LogP contribution in [0.3, 0.4) is 0 Å². The van der Waals surface area contributed by atoms with Crippen LogP contribution in [-0.4, -0.2) is 27.5 Å². The molecule has 22 heavy (non-hydrogen) atoms. The summed E-state index contributed by atoms with van der Waals surface area (Å²) in [6.45, 7) is 1.07. The topological polar surface area (TPSA) is 71.3 Å². The molecule has 2 N–H and O–H groups in total. The van der Waals surface area contributed by atoms with Crippen LogP contribution in [0.4, 0.5) is 14.5 Å². The van der Waals surface area contributed by atoms with Crippen molar-refractivity contribution < 1.29 is 23.5 Å². The van der Waals surface area contributed by atoms with Crippen molar-refractivity contribution in [3.63, 3.8) is 0 Å². The van der Waals surface area contributed by atoms with Gasteiger partial charge < -0.3 is 15.0 Å². The third-order valence-electron chi connectivity index (χ3n) is 4.09. The number of carbonyl (C=O) groups excluding carboxylic acids is 1. The SMILES string of the molecule is CC1(C(=O)Nc2ccc3c(ccn3CC(=O)O)c2)CC1(F)F. The molecule has 1 heterocycles. The molecule has 3 rings (SSSR count). The molecular weight excluding hydrogens is 294 g/mol. The molecule has 5 nitrogen and oxygen atoms in total. The second kappa shape index (κ2) is 4.53. The van der Waals surface area contributed by atoms with Crippen molar-refractivity contribution in [1.29, 1.82) is 0 Å². The number of alkyl halides is 2. The van der Waals surface area contributed by atoms with E-state index in [1.54, 1.807) is 35.0 Å². The summed E-state index contributed by atoms with van der Waals surface area (Å²) in [6, 6.07) is 6.57. The molecule has 0 aliphatic heterocycles. The van der Waals surface area contributed by atoms with Gasteiger partial charge in [-0.3, -0.25) is 9.59 Å². The van der Waals surface area contributed by atoms with Crippen molar-refractivity contribution in [3.8, 4) is 0 Å². The minimum Gasteiger partial charge on any atom is -0.480 e. The average Bonchev–Trinajstić information content (AvgIpc) is 2.77. The van der Waals surface area contributed by atoms with Crippen molar-refractivity contribution in [3.05, 3.63) is 30.5 Å². The highest BCUT2D eigenvalue weighted by molar-refractivity contribution is 5.99. The molecule has 0 saturated heterocycles. The number of carboxylic acid groups (broad SMARTS) is 1. The Hall–Kier alpha value is -2.44. The van der Waals surface area contributed by atoms with Crippen LogP contribution in [0, 0.1) is 5.41 Å². The first-order valence-corrected chi connectivity index (χ1v) is 6.73. The van der Waals surface area contributed by atoms with Gasteiger partial charge in [-0.2, -0.15) is 0 Å². The summed E-state index contributed by atoms with van der Waals surface area (Å²) in [4.78, 5) is 22.7. The predicted molar refractivity (Wildman–Crippen MR) is 75.9 cm³/mol. The molecular formula is C15H14F2N2O3. The number of carbonyl (C=O) groups is 2. The van der Waals surface area contributed by atoms with Gasteiger partial charge in [0.05, 0.1) is 0 Å². The first-order valence-electron chi connectivity index (χ1n) is 6.73. The number of rotatable bonds is 4. The molecule has 116 valence electrons. The lowest BCUT2D eigenvalue weighted by atomic mass is 10.1. The summed E-state index contributed by atoms with van der Waals surface area (Å²) in [5, 5.41) is 12.0. The summed E-state index contributed by atoms with van der Waals surface area (Å²) in [7, 11) is 0. The number of halogens is 2. The van der Waals surface area contributed by atoms with Crippen LogP contribution >= 0.6 is 0 Å². The van der Waals surface area contributed by atoms with Gasteiger partial charge in [0.1, 0.15) is 12.0 Å². The maximum absolute atomic E-state index is 13.2. The zero-order valence-electron chi connectivity index (χ0n) is 11.8. The molecule has 1 aromatic heterocycles. The van der Waals surface area contributed by atoms with Crippen LogP contribution in [-0.2, 0) is 16.1 Å². The molecule has 1 atom stereocenters. The van der Waals surface area contributed by atoms with Gasteiger partial charge in [0.15, 0.2) is 0 Å². The van der Waals surface area contributed by atoms with Crippen LogP contribution in [0.2, 0.25) is 0 Å². The number of aromatic nitrogens is 1. The number of fused-ring (bicyclic) bond motifs is 1. The van der Waals surface area contributed by atoms with Crippen molar-refractivity contribution in [2.24, 2.45) is 5.41 Å². The lowest BCUT2D eigenvalue weighted by Crippen LogP contribution is -2.26. The largest absolute Gasteiger partial charge is 0.480 e. The number of nitrogens with zero attached hydrogens (tertiary/aromatic N) is 1. The Labute approximate surface area is 124 Å². The lowest BCUT2D eigenvalue weighted by molar-refractivity contribution is -0.137. The number of benzene rings is 1. The molecule has 1 saturated carbocycles. The van der Waals surface area contributed by atoms with E-state index in [-0.39, 0.29) is 6.54 Å². The summed E-state index contributed by atoms with van der Waals surface area (Å²) in [6.07, 6.45) is 1.18. The van der Waals surface area contributed by atoms with Gasteiger partial charge in [-0.25, -0.2) is 8.78 Å². The predicted octanol–water partition coefficient (Wildman–Crippen LogP) is 2.71. The fourth-order valence-electron chi connectivity index (χ4n) is 2.48. The van der Waals surface area contributed by atoms with Gasteiger partial charge in [-0.15, -0.1) is 0 Å². The Bertz CT molecular complexity index is 784. The zero-order chi connectivity index (χ0) is 16.1. The quantitative estimate of drug-likeness (QED) is 0.912. The van der Waals surface area contributed by atoms with Gasteiger partial charge in [0, 0.05) is 29.2 Å². The molecule has 1 aliphatic carbocycles. The van der Waals surface area contributed by atoms with Crippen LogP contribution < -0.4 is 5.32 Å². The van der Waals surface area contributed by atoms with Gasteiger partial charge >= 0.3 is 5.97 Å². The Balaban J connectivity index is 1.82. The van der Waals surface area contributed by atoms with Crippen molar-refractivity contribution in [2.75, 3.05) is 5.32 Å². The van der Waals surface area contributed by atoms with Gasteiger partial charge in [-0.05, 0) is 31.2 Å². The molecule has 1 aliphatic rings. The third kappa shape index (κ3) is 2.22. The molecule has 0 radical (unpaired) electrons. The van der Waals surface area contributed by atoms with Gasteiger partial charge in [-0.1, -0.05) is 0 Å². The molecule has 0 bridgehead atoms. The highest BCUT2D eigenvalue weighted by Crippen LogP contribution is 2.60. The van der Waals surface area contributed by atoms with Crippen LogP contribution in [0.25, 0.3) is 10.9 Å². The monoisotopic (exact) mass is 308 g/mol. The fourth-order valence-corrected chi connectivity index (χ4v) is 2.48. The van der Waals surface area contributed by atoms with Crippen LogP contribution in [0.15, 0.2) is 30.5 Å². The normalized spacial score (nSPS) is 22.5. The van der Waals surface area contributed by atoms with Crippen molar-refractivity contribution in [2.45, 2.75) is 25.8 Å². The lowest BCUT2D eigenvalue weighted by Gasteiger charge is -2.11. The number of hydrogen-bond acceptors (Lipinski definition) is 2. The van der Waals surface area contributed by atoms with E-state index in [0.717, 1.165) is 5.39 Å². The highest BCUT2D eigenvalue weighted by Gasteiger charge is 2.72. The van der Waals surface area contributed by atoms with E-state index in [1.807, 2.05) is 0 Å². The van der Waals surface area contributed by atoms with E-state index in [4.69, 9.17) is 5.11 Å². The molecule has 1 fully saturated rings. The third-order valence-corrected chi connectivity index (χ3v) is 4.09. The molecule has 1 amide bonds. The zero-order valence-corrected chi connectivity index (χ0v) is 11.8. The first kappa shape index (κ1) is 14.5. The van der Waals surface area contributed by atoms with E-state index >= 15 is 0 Å². The smallest absolute Gasteiger partial charge is 0.323 e. The Morgan fingerprint density at radius 1 is 1.36 bits per heavy atom.